The molecule has 2 N–H and O–H groups in total. The summed E-state index contributed by atoms with van der Waals surface area (Å²) >= 11 is 0. The molecule has 1 aromatic rings. The maximum Gasteiger partial charge on any atom is 0.270 e. The summed E-state index contributed by atoms with van der Waals surface area (Å²) in [6.45, 7) is 1.00. The number of hydrogen-bond acceptors (Lipinski definition) is 4. The number of hydrogen-bond donors (Lipinski definition) is 1. The number of rotatable bonds is 2. The molecule has 0 unspecified atom stereocenters. The predicted molar refractivity (Wildman–Crippen MR) is 95.0 cm³/mol. The molecule has 2 aliphatic heterocycles. The van der Waals surface area contributed by atoms with Gasteiger partial charge in [-0.25, -0.2) is 9.40 Å². The van der Waals surface area contributed by atoms with E-state index in [-0.39, 0.29) is 42.0 Å². The Balaban J connectivity index is 0.00000225. The Morgan fingerprint density at radius 3 is 2.56 bits per heavy atom. The van der Waals surface area contributed by atoms with Crippen molar-refractivity contribution < 1.29 is 14.0 Å². The van der Waals surface area contributed by atoms with Crippen molar-refractivity contribution in [3.8, 4) is 0 Å². The first kappa shape index (κ1) is 19.3. The van der Waals surface area contributed by atoms with E-state index in [9.17, 15) is 14.0 Å². The van der Waals surface area contributed by atoms with Crippen LogP contribution in [0.25, 0.3) is 0 Å². The Kier molecular flexibility index (Phi) is 6.13. The van der Waals surface area contributed by atoms with Gasteiger partial charge in [0.2, 0.25) is 5.91 Å². The maximum atomic E-state index is 13.1. The Morgan fingerprint density at radius 2 is 1.96 bits per heavy atom. The average Bonchev–Trinajstić information content (AvgIpc) is 2.57. The molecule has 1 aromatic carbocycles. The normalized spacial score (nSPS) is 23.8. The lowest BCUT2D eigenvalue weighted by Crippen LogP contribution is -2.52. The fourth-order valence-electron chi connectivity index (χ4n) is 3.30. The van der Waals surface area contributed by atoms with Crippen molar-refractivity contribution >= 4 is 29.9 Å². The van der Waals surface area contributed by atoms with Crippen molar-refractivity contribution in [3.05, 3.63) is 35.6 Å². The molecular formula is C17H22ClFN4O2. The first-order chi connectivity index (χ1) is 11.5. The molecule has 2 amide bonds. The predicted octanol–water partition coefficient (Wildman–Crippen LogP) is 1.50. The third-order valence-corrected chi connectivity index (χ3v) is 4.70. The standard InChI is InChI=1S/C17H21FN4O2.ClH/c1-21-16(23)7-6-15(20-21)17(24)22-9-8-13(14(19)10-22)11-2-4-12(18)5-3-11;/h2-5,13-14H,6-10,19H2,1H3;1H/t13-,14+;/m1./s1. The van der Waals surface area contributed by atoms with Crippen molar-refractivity contribution in [1.29, 1.82) is 0 Å². The zero-order chi connectivity index (χ0) is 17.3. The van der Waals surface area contributed by atoms with E-state index in [1.54, 1.807) is 24.1 Å². The third kappa shape index (κ3) is 4.16. The van der Waals surface area contributed by atoms with Gasteiger partial charge in [-0.05, 0) is 24.1 Å². The van der Waals surface area contributed by atoms with Crippen LogP contribution in [0.3, 0.4) is 0 Å². The fourth-order valence-corrected chi connectivity index (χ4v) is 3.30. The van der Waals surface area contributed by atoms with Gasteiger partial charge in [-0.2, -0.15) is 5.10 Å². The number of amides is 2. The van der Waals surface area contributed by atoms with E-state index >= 15 is 0 Å². The monoisotopic (exact) mass is 368 g/mol. The molecule has 1 saturated heterocycles. The van der Waals surface area contributed by atoms with Gasteiger partial charge in [0.05, 0.1) is 0 Å². The summed E-state index contributed by atoms with van der Waals surface area (Å²) in [5.41, 5.74) is 7.67. The maximum absolute atomic E-state index is 13.1. The van der Waals surface area contributed by atoms with Crippen LogP contribution in [0.5, 0.6) is 0 Å². The molecule has 2 aliphatic rings. The molecule has 0 aliphatic carbocycles. The molecule has 8 heteroatoms. The SMILES string of the molecule is CN1N=C(C(=O)N2CC[C@H](c3ccc(F)cc3)[C@@H](N)C2)CCC1=O.Cl. The van der Waals surface area contributed by atoms with Crippen LogP contribution in [0.15, 0.2) is 29.4 Å². The Bertz CT molecular complexity index is 680. The molecule has 2 atom stereocenters. The summed E-state index contributed by atoms with van der Waals surface area (Å²) in [6.07, 6.45) is 1.40. The molecule has 2 heterocycles. The lowest BCUT2D eigenvalue weighted by molar-refractivity contribution is -0.131. The molecule has 0 radical (unpaired) electrons. The lowest BCUT2D eigenvalue weighted by Gasteiger charge is -2.37. The Hall–Kier alpha value is -1.99. The highest BCUT2D eigenvalue weighted by atomic mass is 35.5. The summed E-state index contributed by atoms with van der Waals surface area (Å²) in [6, 6.07) is 6.16. The lowest BCUT2D eigenvalue weighted by atomic mass is 9.85. The highest BCUT2D eigenvalue weighted by Gasteiger charge is 2.33. The fraction of sp³-hybridized carbons (Fsp3) is 0.471. The molecule has 1 fully saturated rings. The smallest absolute Gasteiger partial charge is 0.270 e. The number of nitrogens with zero attached hydrogens (tertiary/aromatic N) is 3. The third-order valence-electron chi connectivity index (χ3n) is 4.70. The topological polar surface area (TPSA) is 79.0 Å². The van der Waals surface area contributed by atoms with Gasteiger partial charge >= 0.3 is 0 Å². The van der Waals surface area contributed by atoms with Crippen LogP contribution in [0, 0.1) is 5.82 Å². The molecule has 0 bridgehead atoms. The van der Waals surface area contributed by atoms with Crippen molar-refractivity contribution in [3.63, 3.8) is 0 Å². The van der Waals surface area contributed by atoms with E-state index in [0.717, 1.165) is 12.0 Å². The molecule has 0 saturated carbocycles. The van der Waals surface area contributed by atoms with Crippen molar-refractivity contribution in [2.24, 2.45) is 10.8 Å². The van der Waals surface area contributed by atoms with E-state index in [0.29, 0.717) is 31.6 Å². The molecule has 25 heavy (non-hydrogen) atoms. The van der Waals surface area contributed by atoms with Crippen molar-refractivity contribution in [2.45, 2.75) is 31.2 Å². The summed E-state index contributed by atoms with van der Waals surface area (Å²) < 4.78 is 13.1. The van der Waals surface area contributed by atoms with Gasteiger partial charge in [-0.1, -0.05) is 12.1 Å². The summed E-state index contributed by atoms with van der Waals surface area (Å²) in [7, 11) is 1.56. The highest BCUT2D eigenvalue weighted by molar-refractivity contribution is 6.39. The summed E-state index contributed by atoms with van der Waals surface area (Å²) in [5, 5.41) is 5.30. The van der Waals surface area contributed by atoms with Crippen LogP contribution >= 0.6 is 12.4 Å². The van der Waals surface area contributed by atoms with Crippen LogP contribution in [0.2, 0.25) is 0 Å². The molecular weight excluding hydrogens is 347 g/mol. The van der Waals surface area contributed by atoms with Gasteiger partial charge in [0.25, 0.3) is 5.91 Å². The molecule has 0 spiro atoms. The molecule has 3 rings (SSSR count). The second kappa shape index (κ2) is 7.93. The van der Waals surface area contributed by atoms with Crippen molar-refractivity contribution in [1.82, 2.24) is 9.91 Å². The largest absolute Gasteiger partial charge is 0.336 e. The van der Waals surface area contributed by atoms with E-state index < -0.39 is 0 Å². The number of piperidine rings is 1. The van der Waals surface area contributed by atoms with E-state index in [1.807, 2.05) is 0 Å². The Labute approximate surface area is 152 Å². The van der Waals surface area contributed by atoms with Crippen molar-refractivity contribution in [2.75, 3.05) is 20.1 Å². The zero-order valence-electron chi connectivity index (χ0n) is 14.0. The number of likely N-dealkylation sites (tertiary alicyclic amines) is 1. The highest BCUT2D eigenvalue weighted by Crippen LogP contribution is 2.28. The minimum Gasteiger partial charge on any atom is -0.336 e. The second-order valence-corrected chi connectivity index (χ2v) is 6.33. The minimum absolute atomic E-state index is 0. The number of nitrogens with two attached hydrogens (primary N) is 1. The van der Waals surface area contributed by atoms with Gasteiger partial charge in [-0.3, -0.25) is 9.59 Å². The number of benzene rings is 1. The van der Waals surface area contributed by atoms with Gasteiger partial charge in [0, 0.05) is 44.9 Å². The van der Waals surface area contributed by atoms with Gasteiger partial charge < -0.3 is 10.6 Å². The molecule has 136 valence electrons. The van der Waals surface area contributed by atoms with Crippen LogP contribution in [0.4, 0.5) is 4.39 Å². The van der Waals surface area contributed by atoms with E-state index in [2.05, 4.69) is 5.10 Å². The van der Waals surface area contributed by atoms with Crippen LogP contribution in [-0.2, 0) is 9.59 Å². The van der Waals surface area contributed by atoms with E-state index in [1.165, 1.54) is 17.1 Å². The number of carbonyl (C=O) groups excluding carboxylic acids is 2. The number of hydrazone groups is 1. The molecule has 0 aromatic heterocycles. The summed E-state index contributed by atoms with van der Waals surface area (Å²) in [5.74, 6) is -0.401. The van der Waals surface area contributed by atoms with Crippen LogP contribution in [-0.4, -0.2) is 53.6 Å². The number of carbonyl (C=O) groups is 2. The van der Waals surface area contributed by atoms with Gasteiger partial charge in [0.1, 0.15) is 11.5 Å². The number of halogens is 2. The van der Waals surface area contributed by atoms with E-state index in [4.69, 9.17) is 5.73 Å². The average molecular weight is 369 g/mol. The molecule has 6 nitrogen and oxygen atoms in total. The van der Waals surface area contributed by atoms with Gasteiger partial charge in [-0.15, -0.1) is 12.4 Å². The quantitative estimate of drug-likeness (QED) is 0.859. The summed E-state index contributed by atoms with van der Waals surface area (Å²) in [4.78, 5) is 25.8. The minimum atomic E-state index is -0.270. The van der Waals surface area contributed by atoms with Crippen LogP contribution in [0.1, 0.15) is 30.7 Å². The first-order valence-electron chi connectivity index (χ1n) is 8.10. The van der Waals surface area contributed by atoms with Gasteiger partial charge in [0.15, 0.2) is 0 Å². The first-order valence-corrected chi connectivity index (χ1v) is 8.10. The zero-order valence-corrected chi connectivity index (χ0v) is 14.8. The second-order valence-electron chi connectivity index (χ2n) is 6.33. The Morgan fingerprint density at radius 1 is 1.28 bits per heavy atom. The van der Waals surface area contributed by atoms with Crippen LogP contribution < -0.4 is 5.73 Å².